The number of carbonyl (C=O) groups is 1. The maximum Gasteiger partial charge on any atom is 0.261 e. The normalized spacial score (nSPS) is 11.1. The highest BCUT2D eigenvalue weighted by Crippen LogP contribution is 2.34. The van der Waals surface area contributed by atoms with Gasteiger partial charge in [-0.25, -0.2) is 8.42 Å². The number of hydrogen-bond acceptors (Lipinski definition) is 4. The molecule has 4 rings (SSSR count). The van der Waals surface area contributed by atoms with Crippen molar-refractivity contribution in [2.45, 2.75) is 18.7 Å². The van der Waals surface area contributed by atoms with Gasteiger partial charge in [-0.05, 0) is 71.6 Å². The molecule has 4 aromatic rings. The van der Waals surface area contributed by atoms with Crippen LogP contribution in [-0.4, -0.2) is 19.3 Å². The molecular weight excluding hydrogens is 434 g/mol. The molecular formula is C26H23N3O3S. The lowest BCUT2D eigenvalue weighted by molar-refractivity contribution is -0.114. The van der Waals surface area contributed by atoms with Crippen LogP contribution in [-0.2, 0) is 14.8 Å². The monoisotopic (exact) mass is 457 g/mol. The number of nitrogens with zero attached hydrogens (tertiary/aromatic N) is 1. The van der Waals surface area contributed by atoms with E-state index in [-0.39, 0.29) is 10.8 Å². The summed E-state index contributed by atoms with van der Waals surface area (Å²) in [6.45, 7) is 3.34. The van der Waals surface area contributed by atoms with Crippen LogP contribution in [0.5, 0.6) is 0 Å². The zero-order valence-corrected chi connectivity index (χ0v) is 19.1. The van der Waals surface area contributed by atoms with Gasteiger partial charge in [-0.3, -0.25) is 14.5 Å². The van der Waals surface area contributed by atoms with Crippen molar-refractivity contribution in [1.82, 2.24) is 4.98 Å². The zero-order chi connectivity index (χ0) is 23.4. The molecule has 1 aromatic heterocycles. The van der Waals surface area contributed by atoms with Crippen LogP contribution in [0.4, 0.5) is 11.4 Å². The van der Waals surface area contributed by atoms with E-state index >= 15 is 0 Å². The number of benzene rings is 3. The predicted octanol–water partition coefficient (Wildman–Crippen LogP) is 5.48. The molecule has 0 radical (unpaired) electrons. The third-order valence-electron chi connectivity index (χ3n) is 5.16. The summed E-state index contributed by atoms with van der Waals surface area (Å²) in [6, 6.07) is 23.5. The smallest absolute Gasteiger partial charge is 0.261 e. The second kappa shape index (κ2) is 9.26. The Labute approximate surface area is 193 Å². The molecule has 7 heteroatoms. The first kappa shape index (κ1) is 22.2. The van der Waals surface area contributed by atoms with Gasteiger partial charge in [0.2, 0.25) is 5.91 Å². The van der Waals surface area contributed by atoms with Crippen LogP contribution in [0.15, 0.2) is 96.2 Å². The fourth-order valence-electron chi connectivity index (χ4n) is 3.64. The Kier molecular flexibility index (Phi) is 6.24. The van der Waals surface area contributed by atoms with Crippen molar-refractivity contribution in [1.29, 1.82) is 0 Å². The van der Waals surface area contributed by atoms with Crippen LogP contribution >= 0.6 is 0 Å². The van der Waals surface area contributed by atoms with Crippen LogP contribution in [0.1, 0.15) is 12.5 Å². The molecule has 0 saturated heterocycles. The average Bonchev–Trinajstić information content (AvgIpc) is 2.79. The zero-order valence-electron chi connectivity index (χ0n) is 18.2. The molecule has 33 heavy (non-hydrogen) atoms. The molecule has 2 N–H and O–H groups in total. The summed E-state index contributed by atoms with van der Waals surface area (Å²) in [5.74, 6) is -0.219. The van der Waals surface area contributed by atoms with E-state index < -0.39 is 10.0 Å². The van der Waals surface area contributed by atoms with E-state index in [9.17, 15) is 13.2 Å². The molecule has 0 fully saturated rings. The lowest BCUT2D eigenvalue weighted by atomic mass is 9.94. The summed E-state index contributed by atoms with van der Waals surface area (Å²) in [4.78, 5) is 15.6. The topological polar surface area (TPSA) is 88.2 Å². The predicted molar refractivity (Wildman–Crippen MR) is 131 cm³/mol. The Morgan fingerprint density at radius 3 is 2.18 bits per heavy atom. The quantitative estimate of drug-likeness (QED) is 0.401. The summed E-state index contributed by atoms with van der Waals surface area (Å²) in [7, 11) is -3.78. The molecule has 6 nitrogen and oxygen atoms in total. The summed E-state index contributed by atoms with van der Waals surface area (Å²) in [5.41, 5.74) is 6.01. The molecule has 0 unspecified atom stereocenters. The first-order valence-corrected chi connectivity index (χ1v) is 11.8. The van der Waals surface area contributed by atoms with Gasteiger partial charge in [0, 0.05) is 36.3 Å². The van der Waals surface area contributed by atoms with Crippen LogP contribution < -0.4 is 10.0 Å². The number of rotatable bonds is 6. The molecule has 0 aliphatic heterocycles. The lowest BCUT2D eigenvalue weighted by Crippen LogP contribution is -2.13. The average molecular weight is 458 g/mol. The van der Waals surface area contributed by atoms with Crippen LogP contribution in [0.2, 0.25) is 0 Å². The highest BCUT2D eigenvalue weighted by Gasteiger charge is 2.16. The highest BCUT2D eigenvalue weighted by atomic mass is 32.2. The Hall–Kier alpha value is -3.97. The SMILES string of the molecule is CC(=O)Nc1ccc(S(=O)(=O)Nc2ccc(-c3cnccc3-c3ccccc3)c(C)c2)cc1. The number of amides is 1. The molecule has 0 spiro atoms. The number of nitrogens with one attached hydrogen (secondary N) is 2. The fraction of sp³-hybridized carbons (Fsp3) is 0.0769. The van der Waals surface area contributed by atoms with Gasteiger partial charge in [0.05, 0.1) is 4.90 Å². The molecule has 0 bridgehead atoms. The van der Waals surface area contributed by atoms with E-state index in [1.807, 2.05) is 55.6 Å². The van der Waals surface area contributed by atoms with Gasteiger partial charge in [-0.1, -0.05) is 36.4 Å². The molecule has 0 atom stereocenters. The molecule has 0 aliphatic carbocycles. The van der Waals surface area contributed by atoms with Gasteiger partial charge in [-0.2, -0.15) is 0 Å². The van der Waals surface area contributed by atoms with Crippen molar-refractivity contribution in [3.8, 4) is 22.3 Å². The first-order valence-electron chi connectivity index (χ1n) is 10.3. The second-order valence-electron chi connectivity index (χ2n) is 7.63. The van der Waals surface area contributed by atoms with Crippen molar-refractivity contribution >= 4 is 27.3 Å². The van der Waals surface area contributed by atoms with Crippen LogP contribution in [0.3, 0.4) is 0 Å². The number of hydrogen-bond donors (Lipinski definition) is 2. The molecule has 166 valence electrons. The maximum absolute atomic E-state index is 12.8. The van der Waals surface area contributed by atoms with Crippen molar-refractivity contribution in [2.24, 2.45) is 0 Å². The third kappa shape index (κ3) is 5.10. The van der Waals surface area contributed by atoms with E-state index in [1.54, 1.807) is 30.5 Å². The Morgan fingerprint density at radius 1 is 0.818 bits per heavy atom. The van der Waals surface area contributed by atoms with Crippen molar-refractivity contribution in [3.05, 3.63) is 96.8 Å². The van der Waals surface area contributed by atoms with Gasteiger partial charge in [-0.15, -0.1) is 0 Å². The number of pyridine rings is 1. The number of aromatic nitrogens is 1. The number of sulfonamides is 1. The Balaban J connectivity index is 1.61. The Morgan fingerprint density at radius 2 is 1.52 bits per heavy atom. The first-order chi connectivity index (χ1) is 15.8. The highest BCUT2D eigenvalue weighted by molar-refractivity contribution is 7.92. The van der Waals surface area contributed by atoms with E-state index in [0.29, 0.717) is 11.4 Å². The van der Waals surface area contributed by atoms with Gasteiger partial charge >= 0.3 is 0 Å². The van der Waals surface area contributed by atoms with Crippen molar-refractivity contribution in [3.63, 3.8) is 0 Å². The van der Waals surface area contributed by atoms with E-state index in [2.05, 4.69) is 15.0 Å². The number of aryl methyl sites for hydroxylation is 1. The maximum atomic E-state index is 12.8. The summed E-state index contributed by atoms with van der Waals surface area (Å²) in [6.07, 6.45) is 3.59. The van der Waals surface area contributed by atoms with Crippen molar-refractivity contribution in [2.75, 3.05) is 10.0 Å². The molecule has 1 amide bonds. The second-order valence-corrected chi connectivity index (χ2v) is 9.31. The number of anilines is 2. The van der Waals surface area contributed by atoms with Gasteiger partial charge in [0.15, 0.2) is 0 Å². The largest absolute Gasteiger partial charge is 0.326 e. The summed E-state index contributed by atoms with van der Waals surface area (Å²) >= 11 is 0. The van der Waals surface area contributed by atoms with E-state index in [1.165, 1.54) is 19.1 Å². The summed E-state index contributed by atoms with van der Waals surface area (Å²) in [5, 5.41) is 2.62. The minimum Gasteiger partial charge on any atom is -0.326 e. The molecule has 0 aliphatic rings. The van der Waals surface area contributed by atoms with Crippen molar-refractivity contribution < 1.29 is 13.2 Å². The van der Waals surface area contributed by atoms with Gasteiger partial charge in [0.25, 0.3) is 10.0 Å². The third-order valence-corrected chi connectivity index (χ3v) is 6.56. The Bertz CT molecular complexity index is 1400. The molecule has 1 heterocycles. The van der Waals surface area contributed by atoms with Crippen LogP contribution in [0.25, 0.3) is 22.3 Å². The standard InChI is InChI=1S/C26H23N3O3S/c1-18-16-22(29-33(31,32)23-11-8-21(9-12-23)28-19(2)30)10-13-24(18)26-17-27-15-14-25(26)20-6-4-3-5-7-20/h3-17,29H,1-2H3,(H,28,30). The fourth-order valence-corrected chi connectivity index (χ4v) is 4.69. The van der Waals surface area contributed by atoms with E-state index in [0.717, 1.165) is 27.8 Å². The van der Waals surface area contributed by atoms with Gasteiger partial charge < -0.3 is 5.32 Å². The minimum absolute atomic E-state index is 0.108. The van der Waals surface area contributed by atoms with Gasteiger partial charge in [0.1, 0.15) is 0 Å². The minimum atomic E-state index is -3.78. The summed E-state index contributed by atoms with van der Waals surface area (Å²) < 4.78 is 28.3. The lowest BCUT2D eigenvalue weighted by Gasteiger charge is -2.14. The van der Waals surface area contributed by atoms with Crippen LogP contribution in [0, 0.1) is 6.92 Å². The molecule has 3 aromatic carbocycles. The van der Waals surface area contributed by atoms with E-state index in [4.69, 9.17) is 0 Å². The molecule has 0 saturated carbocycles. The number of carbonyl (C=O) groups excluding carboxylic acids is 1.